The Kier molecular flexibility index (Phi) is 4.78. The standard InChI is InChI=1S/C13H19N5O2/c1-18(2)11(12-4-3-7-20-12)9-15-13(19)14-8-10-5-6-16-17-10/h3-7,11H,8-9H2,1-2H3,(H,16,17)(H2,14,15,19)/t11-/m1/s1. The summed E-state index contributed by atoms with van der Waals surface area (Å²) < 4.78 is 5.38. The van der Waals surface area contributed by atoms with E-state index in [0.29, 0.717) is 13.1 Å². The number of urea groups is 1. The molecule has 0 fully saturated rings. The molecule has 7 nitrogen and oxygen atoms in total. The Hall–Kier alpha value is -2.28. The molecule has 108 valence electrons. The van der Waals surface area contributed by atoms with Crippen LogP contribution in [-0.2, 0) is 6.54 Å². The molecule has 2 aromatic rings. The first kappa shape index (κ1) is 14.1. The first-order chi connectivity index (χ1) is 9.66. The molecular weight excluding hydrogens is 258 g/mol. The van der Waals surface area contributed by atoms with Gasteiger partial charge >= 0.3 is 6.03 Å². The minimum atomic E-state index is -0.224. The van der Waals surface area contributed by atoms with Crippen LogP contribution in [0.15, 0.2) is 35.1 Å². The molecule has 0 aliphatic carbocycles. The molecule has 0 unspecified atom stereocenters. The van der Waals surface area contributed by atoms with Crippen LogP contribution in [0.2, 0.25) is 0 Å². The molecule has 2 rings (SSSR count). The van der Waals surface area contributed by atoms with Crippen molar-refractivity contribution in [3.05, 3.63) is 42.1 Å². The van der Waals surface area contributed by atoms with Crippen LogP contribution in [0.4, 0.5) is 4.79 Å². The van der Waals surface area contributed by atoms with E-state index in [4.69, 9.17) is 4.42 Å². The molecule has 0 aromatic carbocycles. The molecular formula is C13H19N5O2. The van der Waals surface area contributed by atoms with Crippen molar-refractivity contribution in [1.29, 1.82) is 0 Å². The van der Waals surface area contributed by atoms with Gasteiger partial charge in [-0.15, -0.1) is 0 Å². The second kappa shape index (κ2) is 6.76. The lowest BCUT2D eigenvalue weighted by Gasteiger charge is -2.22. The van der Waals surface area contributed by atoms with Crippen LogP contribution in [0.3, 0.4) is 0 Å². The summed E-state index contributed by atoms with van der Waals surface area (Å²) in [5.41, 5.74) is 0.857. The molecule has 1 atom stereocenters. The number of H-pyrrole nitrogens is 1. The second-order valence-electron chi connectivity index (χ2n) is 4.64. The van der Waals surface area contributed by atoms with Gasteiger partial charge in [-0.05, 0) is 32.3 Å². The van der Waals surface area contributed by atoms with Crippen molar-refractivity contribution in [2.45, 2.75) is 12.6 Å². The normalized spacial score (nSPS) is 12.3. The predicted molar refractivity (Wildman–Crippen MR) is 74.0 cm³/mol. The first-order valence-corrected chi connectivity index (χ1v) is 6.36. The Morgan fingerprint density at radius 1 is 1.45 bits per heavy atom. The quantitative estimate of drug-likeness (QED) is 0.738. The minimum absolute atomic E-state index is 0.00269. The highest BCUT2D eigenvalue weighted by atomic mass is 16.3. The van der Waals surface area contributed by atoms with Gasteiger partial charge in [0, 0.05) is 12.7 Å². The highest BCUT2D eigenvalue weighted by Crippen LogP contribution is 2.17. The van der Waals surface area contributed by atoms with Gasteiger partial charge < -0.3 is 15.1 Å². The molecule has 0 bridgehead atoms. The SMILES string of the molecule is CN(C)[C@H](CNC(=O)NCc1ccn[nH]1)c1ccco1. The van der Waals surface area contributed by atoms with Gasteiger partial charge in [-0.3, -0.25) is 10.00 Å². The van der Waals surface area contributed by atoms with E-state index in [1.165, 1.54) is 0 Å². The maximum Gasteiger partial charge on any atom is 0.315 e. The Bertz CT molecular complexity index is 507. The van der Waals surface area contributed by atoms with Crippen LogP contribution in [-0.4, -0.2) is 41.8 Å². The molecule has 0 saturated carbocycles. The molecule has 0 aliphatic heterocycles. The Labute approximate surface area is 117 Å². The topological polar surface area (TPSA) is 86.2 Å². The van der Waals surface area contributed by atoms with E-state index in [2.05, 4.69) is 20.8 Å². The van der Waals surface area contributed by atoms with Gasteiger partial charge in [-0.2, -0.15) is 5.10 Å². The van der Waals surface area contributed by atoms with E-state index in [1.807, 2.05) is 37.2 Å². The average Bonchev–Trinajstić information content (AvgIpc) is 3.09. The fourth-order valence-corrected chi connectivity index (χ4v) is 1.83. The van der Waals surface area contributed by atoms with Crippen LogP contribution in [0.1, 0.15) is 17.5 Å². The number of aromatic amines is 1. The predicted octanol–water partition coefficient (Wildman–Crippen LogP) is 1.10. The molecule has 0 aliphatic rings. The lowest BCUT2D eigenvalue weighted by atomic mass is 10.2. The highest BCUT2D eigenvalue weighted by molar-refractivity contribution is 5.73. The Morgan fingerprint density at radius 2 is 2.30 bits per heavy atom. The largest absolute Gasteiger partial charge is 0.468 e. The molecule has 0 spiro atoms. The third-order valence-electron chi connectivity index (χ3n) is 2.95. The summed E-state index contributed by atoms with van der Waals surface area (Å²) in [6, 6.07) is 5.32. The fourth-order valence-electron chi connectivity index (χ4n) is 1.83. The van der Waals surface area contributed by atoms with Crippen LogP contribution in [0.25, 0.3) is 0 Å². The molecule has 2 heterocycles. The third-order valence-corrected chi connectivity index (χ3v) is 2.95. The van der Waals surface area contributed by atoms with E-state index in [0.717, 1.165) is 11.5 Å². The number of nitrogens with zero attached hydrogens (tertiary/aromatic N) is 2. The number of amides is 2. The van der Waals surface area contributed by atoms with E-state index in [-0.39, 0.29) is 12.1 Å². The van der Waals surface area contributed by atoms with Crippen molar-refractivity contribution in [2.24, 2.45) is 0 Å². The number of furan rings is 1. The summed E-state index contributed by atoms with van der Waals surface area (Å²) in [6.07, 6.45) is 3.28. The minimum Gasteiger partial charge on any atom is -0.468 e. The number of rotatable bonds is 6. The zero-order valence-corrected chi connectivity index (χ0v) is 11.6. The number of aromatic nitrogens is 2. The van der Waals surface area contributed by atoms with Gasteiger partial charge in [0.1, 0.15) is 5.76 Å². The zero-order chi connectivity index (χ0) is 14.4. The lowest BCUT2D eigenvalue weighted by molar-refractivity contribution is 0.225. The van der Waals surface area contributed by atoms with Gasteiger partial charge in [-0.1, -0.05) is 0 Å². The molecule has 3 N–H and O–H groups in total. The van der Waals surface area contributed by atoms with E-state index < -0.39 is 0 Å². The van der Waals surface area contributed by atoms with Gasteiger partial charge in [0.05, 0.1) is 24.5 Å². The van der Waals surface area contributed by atoms with Gasteiger partial charge in [-0.25, -0.2) is 4.79 Å². The summed E-state index contributed by atoms with van der Waals surface area (Å²) in [7, 11) is 3.88. The Balaban J connectivity index is 1.79. The summed E-state index contributed by atoms with van der Waals surface area (Å²) in [4.78, 5) is 13.7. The molecule has 20 heavy (non-hydrogen) atoms. The second-order valence-corrected chi connectivity index (χ2v) is 4.64. The number of likely N-dealkylation sites (N-methyl/N-ethyl adjacent to an activating group) is 1. The molecule has 0 saturated heterocycles. The maximum atomic E-state index is 11.7. The monoisotopic (exact) mass is 277 g/mol. The van der Waals surface area contributed by atoms with Gasteiger partial charge in [0.2, 0.25) is 0 Å². The lowest BCUT2D eigenvalue weighted by Crippen LogP contribution is -2.40. The van der Waals surface area contributed by atoms with Crippen molar-refractivity contribution in [3.63, 3.8) is 0 Å². The van der Waals surface area contributed by atoms with Gasteiger partial charge in [0.15, 0.2) is 0 Å². The van der Waals surface area contributed by atoms with Crippen LogP contribution in [0.5, 0.6) is 0 Å². The van der Waals surface area contributed by atoms with Crippen molar-refractivity contribution in [2.75, 3.05) is 20.6 Å². The summed E-state index contributed by atoms with van der Waals surface area (Å²) >= 11 is 0. The van der Waals surface area contributed by atoms with Crippen molar-refractivity contribution in [1.82, 2.24) is 25.7 Å². The molecule has 7 heteroatoms. The van der Waals surface area contributed by atoms with E-state index in [9.17, 15) is 4.79 Å². The average molecular weight is 277 g/mol. The summed E-state index contributed by atoms with van der Waals surface area (Å²) in [5.74, 6) is 0.823. The number of carbonyl (C=O) groups is 1. The molecule has 0 radical (unpaired) electrons. The van der Waals surface area contributed by atoms with Crippen LogP contribution in [0, 0.1) is 0 Å². The maximum absolute atomic E-state index is 11.7. The van der Waals surface area contributed by atoms with Crippen molar-refractivity contribution < 1.29 is 9.21 Å². The van der Waals surface area contributed by atoms with E-state index in [1.54, 1.807) is 12.5 Å². The van der Waals surface area contributed by atoms with Gasteiger partial charge in [0.25, 0.3) is 0 Å². The van der Waals surface area contributed by atoms with Crippen molar-refractivity contribution >= 4 is 6.03 Å². The van der Waals surface area contributed by atoms with E-state index >= 15 is 0 Å². The smallest absolute Gasteiger partial charge is 0.315 e. The number of hydrogen-bond acceptors (Lipinski definition) is 4. The first-order valence-electron chi connectivity index (χ1n) is 6.36. The van der Waals surface area contributed by atoms with Crippen molar-refractivity contribution in [3.8, 4) is 0 Å². The fraction of sp³-hybridized carbons (Fsp3) is 0.385. The highest BCUT2D eigenvalue weighted by Gasteiger charge is 2.17. The number of carbonyl (C=O) groups excluding carboxylic acids is 1. The number of hydrogen-bond donors (Lipinski definition) is 3. The zero-order valence-electron chi connectivity index (χ0n) is 11.6. The van der Waals surface area contributed by atoms with Crippen LogP contribution >= 0.6 is 0 Å². The summed E-state index contributed by atoms with van der Waals surface area (Å²) in [5, 5.41) is 12.2. The molecule has 2 aromatic heterocycles. The summed E-state index contributed by atoms with van der Waals surface area (Å²) in [6.45, 7) is 0.883. The molecule has 2 amide bonds. The van der Waals surface area contributed by atoms with Crippen LogP contribution < -0.4 is 10.6 Å². The Morgan fingerprint density at radius 3 is 2.90 bits per heavy atom. The third kappa shape index (κ3) is 3.86. The number of nitrogens with one attached hydrogen (secondary N) is 3.